The average Bonchev–Trinajstić information content (AvgIpc) is 2.82. The lowest BCUT2D eigenvalue weighted by atomic mass is 10.2. The predicted octanol–water partition coefficient (Wildman–Crippen LogP) is 4.29. The molecule has 3 aromatic rings. The molecule has 0 aliphatic carbocycles. The Bertz CT molecular complexity index is 1350. The van der Waals surface area contributed by atoms with E-state index in [2.05, 4.69) is 26.5 Å². The van der Waals surface area contributed by atoms with Crippen LogP contribution in [-0.4, -0.2) is 32.1 Å². The van der Waals surface area contributed by atoms with Gasteiger partial charge < -0.3 is 8.92 Å². The van der Waals surface area contributed by atoms with Gasteiger partial charge in [0, 0.05) is 17.7 Å². The number of nitrogens with zero attached hydrogens (tertiary/aromatic N) is 2. The highest BCUT2D eigenvalue weighted by atomic mass is 79.9. The van der Waals surface area contributed by atoms with Crippen LogP contribution in [0.5, 0.6) is 11.5 Å². The number of amides is 1. The topological polar surface area (TPSA) is 137 Å². The minimum absolute atomic E-state index is 0.0150. The fraction of sp³-hybridized carbons (Fsp3) is 0.0909. The molecule has 1 N–H and O–H groups in total. The van der Waals surface area contributed by atoms with Crippen molar-refractivity contribution in [2.75, 3.05) is 6.61 Å². The van der Waals surface area contributed by atoms with Crippen molar-refractivity contribution in [3.8, 4) is 11.5 Å². The summed E-state index contributed by atoms with van der Waals surface area (Å²) in [4.78, 5) is 22.5. The second-order valence-electron chi connectivity index (χ2n) is 6.62. The summed E-state index contributed by atoms with van der Waals surface area (Å²) in [5.74, 6) is -0.538. The van der Waals surface area contributed by atoms with Crippen LogP contribution in [0.15, 0.2) is 81.2 Å². The Balaban J connectivity index is 1.81. The Morgan fingerprint density at radius 1 is 1.15 bits per heavy atom. The molecule has 0 saturated carbocycles. The van der Waals surface area contributed by atoms with Gasteiger partial charge in [-0.3, -0.25) is 14.9 Å². The highest BCUT2D eigenvalue weighted by molar-refractivity contribution is 9.10. The van der Waals surface area contributed by atoms with Crippen LogP contribution < -0.4 is 14.3 Å². The zero-order chi connectivity index (χ0) is 24.7. The van der Waals surface area contributed by atoms with Crippen LogP contribution >= 0.6 is 15.9 Å². The monoisotopic (exact) mass is 547 g/mol. The van der Waals surface area contributed by atoms with Crippen molar-refractivity contribution in [2.24, 2.45) is 5.10 Å². The number of non-ortho nitro benzene ring substituents is 1. The summed E-state index contributed by atoms with van der Waals surface area (Å²) in [6.45, 7) is 1.96. The molecule has 3 aromatic carbocycles. The van der Waals surface area contributed by atoms with Crippen LogP contribution in [0.25, 0.3) is 0 Å². The molecule has 0 fully saturated rings. The highest BCUT2D eigenvalue weighted by Gasteiger charge is 2.22. The van der Waals surface area contributed by atoms with Gasteiger partial charge in [0.05, 0.1) is 22.2 Å². The van der Waals surface area contributed by atoms with E-state index in [0.29, 0.717) is 5.56 Å². The van der Waals surface area contributed by atoms with Gasteiger partial charge in [0.2, 0.25) is 0 Å². The number of halogens is 1. The predicted molar refractivity (Wildman–Crippen MR) is 128 cm³/mol. The zero-order valence-corrected chi connectivity index (χ0v) is 20.1. The van der Waals surface area contributed by atoms with E-state index in [1.807, 2.05) is 0 Å². The standard InChI is InChI=1S/C22H18BrN3O7S/c1-2-32-20-12-15(14-24-25-22(27)16-7-6-8-17(13-16)26(28)29)11-19(23)21(20)33-34(30,31)18-9-4-3-5-10-18/h3-14H,2H2,1H3,(H,25,27)/b24-14-. The van der Waals surface area contributed by atoms with E-state index >= 15 is 0 Å². The molecule has 0 aliphatic rings. The minimum atomic E-state index is -4.11. The van der Waals surface area contributed by atoms with Gasteiger partial charge >= 0.3 is 10.1 Å². The molecular formula is C22H18BrN3O7S. The van der Waals surface area contributed by atoms with Gasteiger partial charge in [0.1, 0.15) is 4.90 Å². The van der Waals surface area contributed by atoms with E-state index in [9.17, 15) is 23.3 Å². The van der Waals surface area contributed by atoms with Crippen molar-refractivity contribution in [3.05, 3.63) is 92.4 Å². The molecule has 0 aliphatic heterocycles. The van der Waals surface area contributed by atoms with E-state index in [1.165, 1.54) is 48.7 Å². The number of nitro groups is 1. The largest absolute Gasteiger partial charge is 0.490 e. The highest BCUT2D eigenvalue weighted by Crippen LogP contribution is 2.38. The molecule has 0 bridgehead atoms. The molecule has 12 heteroatoms. The number of benzene rings is 3. The Kier molecular flexibility index (Phi) is 7.97. The summed E-state index contributed by atoms with van der Waals surface area (Å²) in [5, 5.41) is 14.7. The molecule has 0 radical (unpaired) electrons. The first kappa shape index (κ1) is 24.9. The number of carbonyl (C=O) groups is 1. The van der Waals surface area contributed by atoms with Gasteiger partial charge in [-0.1, -0.05) is 24.3 Å². The summed E-state index contributed by atoms with van der Waals surface area (Å²) in [6.07, 6.45) is 1.30. The van der Waals surface area contributed by atoms with Crippen LogP contribution in [0.4, 0.5) is 5.69 Å². The molecule has 1 amide bonds. The summed E-state index contributed by atoms with van der Waals surface area (Å²) >= 11 is 3.29. The minimum Gasteiger partial charge on any atom is -0.490 e. The third-order valence-corrected chi connectivity index (χ3v) is 6.08. The molecule has 0 spiro atoms. The Hall–Kier alpha value is -3.77. The third-order valence-electron chi connectivity index (χ3n) is 4.26. The Morgan fingerprint density at radius 3 is 2.56 bits per heavy atom. The van der Waals surface area contributed by atoms with Crippen molar-refractivity contribution < 1.29 is 27.1 Å². The van der Waals surface area contributed by atoms with Crippen LogP contribution in [0.2, 0.25) is 0 Å². The van der Waals surface area contributed by atoms with Crippen molar-refractivity contribution in [1.82, 2.24) is 5.43 Å². The van der Waals surface area contributed by atoms with Gasteiger partial charge in [-0.15, -0.1) is 0 Å². The maximum absolute atomic E-state index is 12.6. The van der Waals surface area contributed by atoms with E-state index in [-0.39, 0.29) is 38.7 Å². The first-order valence-electron chi connectivity index (χ1n) is 9.75. The number of nitro benzene ring substituents is 1. The van der Waals surface area contributed by atoms with Gasteiger partial charge in [0.25, 0.3) is 11.6 Å². The van der Waals surface area contributed by atoms with Gasteiger partial charge in [-0.05, 0) is 58.7 Å². The van der Waals surface area contributed by atoms with Crippen LogP contribution in [-0.2, 0) is 10.1 Å². The van der Waals surface area contributed by atoms with Crippen molar-refractivity contribution in [1.29, 1.82) is 0 Å². The maximum Gasteiger partial charge on any atom is 0.339 e. The summed E-state index contributed by atoms with van der Waals surface area (Å²) in [6, 6.07) is 15.9. The number of hydrogen-bond acceptors (Lipinski definition) is 8. The Morgan fingerprint density at radius 2 is 1.88 bits per heavy atom. The van der Waals surface area contributed by atoms with E-state index in [1.54, 1.807) is 25.1 Å². The summed E-state index contributed by atoms with van der Waals surface area (Å²) in [7, 11) is -4.11. The van der Waals surface area contributed by atoms with E-state index in [4.69, 9.17) is 8.92 Å². The van der Waals surface area contributed by atoms with E-state index < -0.39 is 20.9 Å². The number of hydrazone groups is 1. The lowest BCUT2D eigenvalue weighted by Gasteiger charge is -2.14. The zero-order valence-electron chi connectivity index (χ0n) is 17.7. The molecule has 0 atom stereocenters. The molecule has 0 aromatic heterocycles. The van der Waals surface area contributed by atoms with Gasteiger partial charge in [-0.2, -0.15) is 13.5 Å². The molecular weight excluding hydrogens is 530 g/mol. The quantitative estimate of drug-likeness (QED) is 0.182. The normalized spacial score (nSPS) is 11.2. The van der Waals surface area contributed by atoms with Crippen molar-refractivity contribution >= 4 is 43.9 Å². The van der Waals surface area contributed by atoms with Gasteiger partial charge in [-0.25, -0.2) is 5.43 Å². The molecule has 34 heavy (non-hydrogen) atoms. The molecule has 3 rings (SSSR count). The van der Waals surface area contributed by atoms with Gasteiger partial charge in [0.15, 0.2) is 11.5 Å². The number of nitrogens with one attached hydrogen (secondary N) is 1. The number of rotatable bonds is 9. The fourth-order valence-electron chi connectivity index (χ4n) is 2.74. The first-order chi connectivity index (χ1) is 16.2. The second-order valence-corrected chi connectivity index (χ2v) is 9.02. The Labute approximate surface area is 203 Å². The number of carbonyl (C=O) groups excluding carboxylic acids is 1. The molecule has 0 saturated heterocycles. The number of ether oxygens (including phenoxy) is 1. The third kappa shape index (κ3) is 6.17. The molecule has 10 nitrogen and oxygen atoms in total. The SMILES string of the molecule is CCOc1cc(/C=N\NC(=O)c2cccc([N+](=O)[O-])c2)cc(Br)c1OS(=O)(=O)c1ccccc1. The molecule has 0 heterocycles. The molecule has 176 valence electrons. The van der Waals surface area contributed by atoms with E-state index in [0.717, 1.165) is 6.07 Å². The number of hydrogen-bond donors (Lipinski definition) is 1. The summed E-state index contributed by atoms with van der Waals surface area (Å²) < 4.78 is 36.4. The van der Waals surface area contributed by atoms with Crippen LogP contribution in [0.3, 0.4) is 0 Å². The van der Waals surface area contributed by atoms with Crippen molar-refractivity contribution in [2.45, 2.75) is 11.8 Å². The smallest absolute Gasteiger partial charge is 0.339 e. The summed E-state index contributed by atoms with van der Waals surface area (Å²) in [5.41, 5.74) is 2.59. The molecule has 0 unspecified atom stereocenters. The van der Waals surface area contributed by atoms with Crippen molar-refractivity contribution in [3.63, 3.8) is 0 Å². The average molecular weight is 548 g/mol. The lowest BCUT2D eigenvalue weighted by Crippen LogP contribution is -2.17. The second kappa shape index (κ2) is 10.9. The fourth-order valence-corrected chi connectivity index (χ4v) is 4.37. The lowest BCUT2D eigenvalue weighted by molar-refractivity contribution is -0.384. The van der Waals surface area contributed by atoms with Crippen LogP contribution in [0, 0.1) is 10.1 Å². The van der Waals surface area contributed by atoms with Crippen LogP contribution in [0.1, 0.15) is 22.8 Å². The first-order valence-corrected chi connectivity index (χ1v) is 11.9. The maximum atomic E-state index is 12.6.